The lowest BCUT2D eigenvalue weighted by Gasteiger charge is -1.94. The molecule has 0 bridgehead atoms. The molecule has 2 nitrogen and oxygen atoms in total. The maximum absolute atomic E-state index is 8.25. The van der Waals surface area contributed by atoms with E-state index >= 15 is 0 Å². The second-order valence-electron chi connectivity index (χ2n) is 0.965. The molecule has 0 amide bonds. The smallest absolute Gasteiger partial charge is 0.101 e. The summed E-state index contributed by atoms with van der Waals surface area (Å²) in [6.07, 6.45) is -0.366. The lowest BCUT2D eigenvalue weighted by atomic mass is 10.7. The minimum absolute atomic E-state index is 0. The molecule has 40 valence electrons. The Bertz CT molecular complexity index is 24.8. The summed E-state index contributed by atoms with van der Waals surface area (Å²) in [4.78, 5) is 0. The van der Waals surface area contributed by atoms with E-state index in [0.29, 0.717) is 0 Å². The number of aliphatic hydroxyl groups excluding tert-OH is 1. The zero-order valence-electron chi connectivity index (χ0n) is 3.93. The Hall–Kier alpha value is 0.650. The molecule has 0 heterocycles. The Morgan fingerprint density at radius 1 is 1.67 bits per heavy atom. The van der Waals surface area contributed by atoms with E-state index in [9.17, 15) is 0 Å². The van der Waals surface area contributed by atoms with Crippen molar-refractivity contribution in [1.29, 1.82) is 0 Å². The minimum atomic E-state index is -0.366. The van der Waals surface area contributed by atoms with Gasteiger partial charge in [-0.05, 0) is 14.0 Å². The fraction of sp³-hybridized carbons (Fsp3) is 1.00. The Balaban J connectivity index is 0. The highest BCUT2D eigenvalue weighted by atomic mass is 127. The number of halogens is 1. The van der Waals surface area contributed by atoms with E-state index in [-0.39, 0.29) is 30.2 Å². The highest BCUT2D eigenvalue weighted by Gasteiger charge is 1.78. The molecule has 0 fully saturated rings. The van der Waals surface area contributed by atoms with Gasteiger partial charge in [-0.1, -0.05) is 0 Å². The van der Waals surface area contributed by atoms with Crippen LogP contribution in [0.4, 0.5) is 0 Å². The van der Waals surface area contributed by atoms with Gasteiger partial charge in [0.2, 0.25) is 0 Å². The van der Waals surface area contributed by atoms with Crippen LogP contribution in [0.2, 0.25) is 0 Å². The molecule has 3 heteroatoms. The molecular formula is C3H10INO. The van der Waals surface area contributed by atoms with Crippen LogP contribution in [-0.2, 0) is 0 Å². The van der Waals surface area contributed by atoms with Crippen LogP contribution in [-0.4, -0.2) is 18.4 Å². The third kappa shape index (κ3) is 8.82. The van der Waals surface area contributed by atoms with Crippen LogP contribution in [0.5, 0.6) is 0 Å². The molecule has 1 atom stereocenters. The number of hydrogen-bond donors (Lipinski definition) is 2. The predicted molar refractivity (Wildman–Crippen MR) is 36.2 cm³/mol. The summed E-state index contributed by atoms with van der Waals surface area (Å²) in [5.41, 5.74) is 0. The van der Waals surface area contributed by atoms with E-state index in [2.05, 4.69) is 5.32 Å². The summed E-state index contributed by atoms with van der Waals surface area (Å²) < 4.78 is 0. The van der Waals surface area contributed by atoms with Crippen LogP contribution in [0, 0.1) is 0 Å². The van der Waals surface area contributed by atoms with Crippen molar-refractivity contribution >= 4 is 24.0 Å². The molecule has 6 heavy (non-hydrogen) atoms. The standard InChI is InChI=1S/C3H9NO.HI/c1-3(5)4-2;/h3-5H,1-2H3;1H. The number of nitrogens with one attached hydrogen (secondary N) is 1. The van der Waals surface area contributed by atoms with Gasteiger partial charge in [-0.15, -0.1) is 24.0 Å². The molecule has 0 aliphatic heterocycles. The maximum Gasteiger partial charge on any atom is 0.101 e. The molecule has 2 N–H and O–H groups in total. The van der Waals surface area contributed by atoms with Crippen molar-refractivity contribution in [3.05, 3.63) is 0 Å². The quantitative estimate of drug-likeness (QED) is 0.470. The van der Waals surface area contributed by atoms with Gasteiger partial charge >= 0.3 is 0 Å². The average molecular weight is 203 g/mol. The number of aliphatic hydroxyl groups is 1. The van der Waals surface area contributed by atoms with E-state index in [0.717, 1.165) is 0 Å². The maximum atomic E-state index is 8.25. The van der Waals surface area contributed by atoms with E-state index in [4.69, 9.17) is 5.11 Å². The Morgan fingerprint density at radius 2 is 1.83 bits per heavy atom. The van der Waals surface area contributed by atoms with Crippen molar-refractivity contribution in [3.8, 4) is 0 Å². The van der Waals surface area contributed by atoms with Gasteiger partial charge in [0.15, 0.2) is 0 Å². The van der Waals surface area contributed by atoms with Crippen LogP contribution >= 0.6 is 24.0 Å². The van der Waals surface area contributed by atoms with Crippen LogP contribution in [0.1, 0.15) is 6.92 Å². The third-order valence-corrected chi connectivity index (χ3v) is 0.418. The SMILES string of the molecule is CNC(C)O.I. The molecule has 0 rings (SSSR count). The van der Waals surface area contributed by atoms with Crippen molar-refractivity contribution in [2.45, 2.75) is 13.2 Å². The second-order valence-corrected chi connectivity index (χ2v) is 0.965. The normalized spacial score (nSPS) is 12.5. The predicted octanol–water partition coefficient (Wildman–Crippen LogP) is 0.162. The van der Waals surface area contributed by atoms with E-state index in [1.54, 1.807) is 14.0 Å². The molecular weight excluding hydrogens is 193 g/mol. The van der Waals surface area contributed by atoms with Crippen molar-refractivity contribution in [2.24, 2.45) is 0 Å². The van der Waals surface area contributed by atoms with Gasteiger partial charge in [0, 0.05) is 0 Å². The summed E-state index contributed by atoms with van der Waals surface area (Å²) in [6, 6.07) is 0. The summed E-state index contributed by atoms with van der Waals surface area (Å²) >= 11 is 0. The highest BCUT2D eigenvalue weighted by Crippen LogP contribution is 1.59. The lowest BCUT2D eigenvalue weighted by molar-refractivity contribution is 0.167. The fourth-order valence-corrected chi connectivity index (χ4v) is 0. The van der Waals surface area contributed by atoms with Crippen LogP contribution in [0.3, 0.4) is 0 Å². The molecule has 0 aromatic rings. The van der Waals surface area contributed by atoms with Gasteiger partial charge in [-0.3, -0.25) is 5.32 Å². The topological polar surface area (TPSA) is 32.3 Å². The fourth-order valence-electron chi connectivity index (χ4n) is 0. The van der Waals surface area contributed by atoms with Crippen molar-refractivity contribution in [3.63, 3.8) is 0 Å². The lowest BCUT2D eigenvalue weighted by Crippen LogP contribution is -2.19. The number of hydrogen-bond acceptors (Lipinski definition) is 2. The van der Waals surface area contributed by atoms with E-state index in [1.165, 1.54) is 0 Å². The summed E-state index contributed by atoms with van der Waals surface area (Å²) in [5.74, 6) is 0. The average Bonchev–Trinajstić information content (AvgIpc) is 1.38. The van der Waals surface area contributed by atoms with Gasteiger partial charge in [0.1, 0.15) is 6.23 Å². The number of rotatable bonds is 1. The van der Waals surface area contributed by atoms with Crippen LogP contribution < -0.4 is 5.32 Å². The van der Waals surface area contributed by atoms with Crippen molar-refractivity contribution < 1.29 is 5.11 Å². The Kier molecular flexibility index (Phi) is 9.25. The van der Waals surface area contributed by atoms with E-state index in [1.807, 2.05) is 0 Å². The van der Waals surface area contributed by atoms with Gasteiger partial charge in [0.05, 0.1) is 0 Å². The van der Waals surface area contributed by atoms with Crippen molar-refractivity contribution in [1.82, 2.24) is 5.32 Å². The largest absolute Gasteiger partial charge is 0.379 e. The third-order valence-electron chi connectivity index (χ3n) is 0.418. The van der Waals surface area contributed by atoms with Crippen LogP contribution in [0.25, 0.3) is 0 Å². The molecule has 0 saturated carbocycles. The minimum Gasteiger partial charge on any atom is -0.379 e. The highest BCUT2D eigenvalue weighted by molar-refractivity contribution is 14.0. The molecule has 0 aromatic carbocycles. The molecule has 0 radical (unpaired) electrons. The summed E-state index contributed by atoms with van der Waals surface area (Å²) in [6.45, 7) is 1.67. The molecule has 0 aromatic heterocycles. The zero-order valence-corrected chi connectivity index (χ0v) is 6.26. The first-order valence-electron chi connectivity index (χ1n) is 1.62. The second kappa shape index (κ2) is 5.65. The van der Waals surface area contributed by atoms with E-state index < -0.39 is 0 Å². The van der Waals surface area contributed by atoms with Gasteiger partial charge in [0.25, 0.3) is 0 Å². The first-order chi connectivity index (χ1) is 2.27. The Labute approximate surface area is 55.0 Å². The van der Waals surface area contributed by atoms with Gasteiger partial charge < -0.3 is 5.11 Å². The molecule has 0 aliphatic rings. The summed E-state index contributed by atoms with van der Waals surface area (Å²) in [5, 5.41) is 10.8. The molecule has 1 unspecified atom stereocenters. The molecule has 0 aliphatic carbocycles. The van der Waals surface area contributed by atoms with Gasteiger partial charge in [-0.25, -0.2) is 0 Å². The molecule has 0 saturated heterocycles. The Morgan fingerprint density at radius 3 is 1.83 bits per heavy atom. The zero-order chi connectivity index (χ0) is 4.28. The van der Waals surface area contributed by atoms with Gasteiger partial charge in [-0.2, -0.15) is 0 Å². The summed E-state index contributed by atoms with van der Waals surface area (Å²) in [7, 11) is 1.70. The first kappa shape index (κ1) is 9.82. The van der Waals surface area contributed by atoms with Crippen molar-refractivity contribution in [2.75, 3.05) is 7.05 Å². The molecule has 0 spiro atoms. The first-order valence-corrected chi connectivity index (χ1v) is 1.62. The monoisotopic (exact) mass is 203 g/mol. The van der Waals surface area contributed by atoms with Crippen LogP contribution in [0.15, 0.2) is 0 Å².